The van der Waals surface area contributed by atoms with Crippen molar-refractivity contribution >= 4 is 23.2 Å². The lowest BCUT2D eigenvalue weighted by Crippen LogP contribution is -2.25. The predicted molar refractivity (Wildman–Crippen MR) is 64.5 cm³/mol. The second kappa shape index (κ2) is 6.35. The Morgan fingerprint density at radius 1 is 1.44 bits per heavy atom. The maximum Gasteiger partial charge on any atom is 0.253 e. The van der Waals surface area contributed by atoms with Gasteiger partial charge in [0.15, 0.2) is 0 Å². The third kappa shape index (κ3) is 3.40. The molecule has 0 radical (unpaired) electrons. The van der Waals surface area contributed by atoms with E-state index in [1.807, 2.05) is 0 Å². The van der Waals surface area contributed by atoms with Gasteiger partial charge in [0.2, 0.25) is 0 Å². The molecular formula is C11H15ClN2O2. The molecule has 0 saturated heterocycles. The summed E-state index contributed by atoms with van der Waals surface area (Å²) in [5.74, 6) is -0.238. The molecule has 4 N–H and O–H groups in total. The van der Waals surface area contributed by atoms with Gasteiger partial charge in [0.25, 0.3) is 5.91 Å². The second-order valence-electron chi connectivity index (χ2n) is 3.39. The van der Waals surface area contributed by atoms with Gasteiger partial charge in [-0.2, -0.15) is 0 Å². The first kappa shape index (κ1) is 12.8. The third-order valence-electron chi connectivity index (χ3n) is 2.17. The van der Waals surface area contributed by atoms with Crippen molar-refractivity contribution in [2.75, 3.05) is 18.9 Å². The van der Waals surface area contributed by atoms with Gasteiger partial charge >= 0.3 is 0 Å². The number of hydrogen-bond donors (Lipinski definition) is 3. The first-order valence-corrected chi connectivity index (χ1v) is 5.47. The van der Waals surface area contributed by atoms with Crippen molar-refractivity contribution in [2.45, 2.75) is 12.8 Å². The summed E-state index contributed by atoms with van der Waals surface area (Å²) in [6, 6.07) is 4.95. The number of carbonyl (C=O) groups is 1. The smallest absolute Gasteiger partial charge is 0.253 e. The number of carbonyl (C=O) groups excluding carboxylic acids is 1. The Bertz CT molecular complexity index is 369. The van der Waals surface area contributed by atoms with E-state index >= 15 is 0 Å². The first-order chi connectivity index (χ1) is 7.66. The summed E-state index contributed by atoms with van der Waals surface area (Å²) in [4.78, 5) is 11.7. The van der Waals surface area contributed by atoms with Crippen LogP contribution in [0, 0.1) is 0 Å². The molecule has 0 atom stereocenters. The van der Waals surface area contributed by atoms with Crippen molar-refractivity contribution in [2.24, 2.45) is 0 Å². The number of anilines is 1. The van der Waals surface area contributed by atoms with E-state index in [1.54, 1.807) is 18.2 Å². The van der Waals surface area contributed by atoms with E-state index in [2.05, 4.69) is 5.32 Å². The molecule has 0 spiro atoms. The Balaban J connectivity index is 2.56. The molecule has 0 unspecified atom stereocenters. The highest BCUT2D eigenvalue weighted by molar-refractivity contribution is 6.33. The van der Waals surface area contributed by atoms with Crippen LogP contribution >= 0.6 is 11.6 Å². The molecule has 0 aliphatic rings. The van der Waals surface area contributed by atoms with Gasteiger partial charge in [-0.25, -0.2) is 0 Å². The van der Waals surface area contributed by atoms with Crippen LogP contribution in [-0.4, -0.2) is 24.2 Å². The average Bonchev–Trinajstić information content (AvgIpc) is 2.28. The molecule has 1 amide bonds. The topological polar surface area (TPSA) is 75.4 Å². The number of nitrogens with two attached hydrogens (primary N) is 1. The van der Waals surface area contributed by atoms with E-state index in [9.17, 15) is 4.79 Å². The summed E-state index contributed by atoms with van der Waals surface area (Å²) in [6.45, 7) is 0.653. The van der Waals surface area contributed by atoms with Gasteiger partial charge in [-0.3, -0.25) is 4.79 Å². The van der Waals surface area contributed by atoms with Gasteiger partial charge in [0.1, 0.15) is 0 Å². The Labute approximate surface area is 99.4 Å². The molecule has 4 nitrogen and oxygen atoms in total. The Morgan fingerprint density at radius 2 is 2.19 bits per heavy atom. The lowest BCUT2D eigenvalue weighted by atomic mass is 10.1. The fourth-order valence-corrected chi connectivity index (χ4v) is 1.44. The molecule has 5 heteroatoms. The fourth-order valence-electron chi connectivity index (χ4n) is 1.27. The number of benzene rings is 1. The highest BCUT2D eigenvalue weighted by Crippen LogP contribution is 2.22. The van der Waals surface area contributed by atoms with Crippen LogP contribution in [0.3, 0.4) is 0 Å². The second-order valence-corrected chi connectivity index (χ2v) is 3.79. The first-order valence-electron chi connectivity index (χ1n) is 5.10. The Morgan fingerprint density at radius 3 is 2.88 bits per heavy atom. The summed E-state index contributed by atoms with van der Waals surface area (Å²) in [6.07, 6.45) is 1.41. The zero-order chi connectivity index (χ0) is 12.0. The Kier molecular flexibility index (Phi) is 5.08. The minimum atomic E-state index is -0.238. The molecule has 0 saturated carbocycles. The number of aliphatic hydroxyl groups excluding tert-OH is 1. The van der Waals surface area contributed by atoms with Crippen LogP contribution < -0.4 is 11.1 Å². The van der Waals surface area contributed by atoms with Gasteiger partial charge < -0.3 is 16.2 Å². The number of unbranched alkanes of at least 4 members (excludes halogenated alkanes) is 1. The molecule has 0 aliphatic carbocycles. The number of nitrogens with one attached hydrogen (secondary N) is 1. The SMILES string of the molecule is Nc1c(Cl)cccc1C(=O)NCCCCO. The van der Waals surface area contributed by atoms with Crippen molar-refractivity contribution in [1.82, 2.24) is 5.32 Å². The maximum absolute atomic E-state index is 11.7. The van der Waals surface area contributed by atoms with Crippen LogP contribution in [0.1, 0.15) is 23.2 Å². The van der Waals surface area contributed by atoms with E-state index in [0.717, 1.165) is 6.42 Å². The lowest BCUT2D eigenvalue weighted by molar-refractivity contribution is 0.0953. The van der Waals surface area contributed by atoms with Crippen LogP contribution in [-0.2, 0) is 0 Å². The molecular weight excluding hydrogens is 228 g/mol. The molecule has 1 aromatic rings. The number of nitrogen functional groups attached to an aromatic ring is 1. The standard InChI is InChI=1S/C11H15ClN2O2/c12-9-5-3-4-8(10(9)13)11(16)14-6-1-2-7-15/h3-5,15H,1-2,6-7,13H2,(H,14,16). The summed E-state index contributed by atoms with van der Waals surface area (Å²) >= 11 is 5.80. The highest BCUT2D eigenvalue weighted by Gasteiger charge is 2.10. The molecule has 1 aromatic carbocycles. The predicted octanol–water partition coefficient (Wildman–Crippen LogP) is 1.42. The van der Waals surface area contributed by atoms with Crippen LogP contribution in [0.2, 0.25) is 5.02 Å². The maximum atomic E-state index is 11.7. The molecule has 0 bridgehead atoms. The van der Waals surface area contributed by atoms with E-state index in [1.165, 1.54) is 0 Å². The summed E-state index contributed by atoms with van der Waals surface area (Å²) in [5.41, 5.74) is 6.36. The van der Waals surface area contributed by atoms with Crippen molar-refractivity contribution in [3.8, 4) is 0 Å². The third-order valence-corrected chi connectivity index (χ3v) is 2.50. The Hall–Kier alpha value is -1.26. The van der Waals surface area contributed by atoms with Gasteiger partial charge in [0, 0.05) is 13.2 Å². The molecule has 1 rings (SSSR count). The number of para-hydroxylation sites is 1. The molecule has 0 aliphatic heterocycles. The number of halogens is 1. The number of aliphatic hydroxyl groups is 1. The van der Waals surface area contributed by atoms with E-state index in [-0.39, 0.29) is 12.5 Å². The normalized spacial score (nSPS) is 10.1. The van der Waals surface area contributed by atoms with E-state index < -0.39 is 0 Å². The van der Waals surface area contributed by atoms with Crippen LogP contribution in [0.4, 0.5) is 5.69 Å². The monoisotopic (exact) mass is 242 g/mol. The van der Waals surface area contributed by atoms with Gasteiger partial charge in [0.05, 0.1) is 16.3 Å². The van der Waals surface area contributed by atoms with Gasteiger partial charge in [-0.1, -0.05) is 17.7 Å². The minimum absolute atomic E-state index is 0.134. The van der Waals surface area contributed by atoms with Crippen molar-refractivity contribution in [3.63, 3.8) is 0 Å². The van der Waals surface area contributed by atoms with E-state index in [0.29, 0.717) is 29.2 Å². The quantitative estimate of drug-likeness (QED) is 0.540. The summed E-state index contributed by atoms with van der Waals surface area (Å²) in [5, 5.41) is 11.7. The van der Waals surface area contributed by atoms with Gasteiger partial charge in [-0.05, 0) is 25.0 Å². The highest BCUT2D eigenvalue weighted by atomic mass is 35.5. The number of rotatable bonds is 5. The fraction of sp³-hybridized carbons (Fsp3) is 0.364. The zero-order valence-electron chi connectivity index (χ0n) is 8.87. The number of amides is 1. The molecule has 0 heterocycles. The number of hydrogen-bond acceptors (Lipinski definition) is 3. The van der Waals surface area contributed by atoms with Crippen molar-refractivity contribution < 1.29 is 9.90 Å². The molecule has 0 fully saturated rings. The van der Waals surface area contributed by atoms with Crippen molar-refractivity contribution in [3.05, 3.63) is 28.8 Å². The molecule has 0 aromatic heterocycles. The molecule has 16 heavy (non-hydrogen) atoms. The molecule has 88 valence electrons. The zero-order valence-corrected chi connectivity index (χ0v) is 9.63. The minimum Gasteiger partial charge on any atom is -0.397 e. The van der Waals surface area contributed by atoms with E-state index in [4.69, 9.17) is 22.4 Å². The summed E-state index contributed by atoms with van der Waals surface area (Å²) in [7, 11) is 0. The van der Waals surface area contributed by atoms with Crippen LogP contribution in [0.5, 0.6) is 0 Å². The summed E-state index contributed by atoms with van der Waals surface area (Å²) < 4.78 is 0. The van der Waals surface area contributed by atoms with Gasteiger partial charge in [-0.15, -0.1) is 0 Å². The van der Waals surface area contributed by atoms with Crippen molar-refractivity contribution in [1.29, 1.82) is 0 Å². The van der Waals surface area contributed by atoms with Crippen LogP contribution in [0.15, 0.2) is 18.2 Å². The average molecular weight is 243 g/mol. The van der Waals surface area contributed by atoms with Crippen LogP contribution in [0.25, 0.3) is 0 Å². The largest absolute Gasteiger partial charge is 0.397 e. The lowest BCUT2D eigenvalue weighted by Gasteiger charge is -2.07.